The third-order valence-electron chi connectivity index (χ3n) is 5.65. The van der Waals surface area contributed by atoms with Crippen molar-refractivity contribution in [1.29, 1.82) is 0 Å². The zero-order valence-electron chi connectivity index (χ0n) is 18.1. The quantitative estimate of drug-likeness (QED) is 0.694. The molecule has 0 atom stereocenters. The Morgan fingerprint density at radius 2 is 1.78 bits per heavy atom. The number of fused-ring (bicyclic) bond motifs is 1. The number of amidine groups is 1. The molecule has 32 heavy (non-hydrogen) atoms. The number of sulfone groups is 1. The van der Waals surface area contributed by atoms with E-state index in [-0.39, 0.29) is 9.79 Å². The largest absolute Gasteiger partial charge is 0.368 e. The second-order valence-electron chi connectivity index (χ2n) is 8.24. The second-order valence-corrected chi connectivity index (χ2v) is 12.2. The first kappa shape index (κ1) is 23.0. The van der Waals surface area contributed by atoms with Crippen LogP contribution in [0.4, 0.5) is 11.4 Å². The van der Waals surface area contributed by atoms with Gasteiger partial charge in [0, 0.05) is 32.4 Å². The summed E-state index contributed by atoms with van der Waals surface area (Å²) < 4.78 is 53.3. The molecule has 0 spiro atoms. The third-order valence-corrected chi connectivity index (χ3v) is 8.55. The van der Waals surface area contributed by atoms with Crippen LogP contribution in [0.1, 0.15) is 11.1 Å². The summed E-state index contributed by atoms with van der Waals surface area (Å²) in [6.45, 7) is 6.50. The molecule has 1 N–H and O–H groups in total. The zero-order chi connectivity index (χ0) is 23.3. The third kappa shape index (κ3) is 4.63. The molecule has 0 aromatic heterocycles. The number of aryl methyl sites for hydroxylation is 2. The molecular weight excluding hydrogens is 472 g/mol. The molecule has 2 aliphatic rings. The number of nitrogens with zero attached hydrogens (tertiary/aromatic N) is 3. The maximum absolute atomic E-state index is 12.6. The molecule has 0 bridgehead atoms. The van der Waals surface area contributed by atoms with Gasteiger partial charge in [0.15, 0.2) is 9.84 Å². The van der Waals surface area contributed by atoms with Crippen molar-refractivity contribution in [2.24, 2.45) is 4.40 Å². The van der Waals surface area contributed by atoms with E-state index in [2.05, 4.69) is 19.5 Å². The van der Waals surface area contributed by atoms with Gasteiger partial charge in [0.25, 0.3) is 10.0 Å². The number of rotatable bonds is 4. The van der Waals surface area contributed by atoms with Crippen molar-refractivity contribution in [3.63, 3.8) is 0 Å². The van der Waals surface area contributed by atoms with Gasteiger partial charge in [-0.2, -0.15) is 8.42 Å². The Kier molecular flexibility index (Phi) is 6.00. The molecule has 0 radical (unpaired) electrons. The highest BCUT2D eigenvalue weighted by Gasteiger charge is 2.27. The van der Waals surface area contributed by atoms with E-state index in [1.807, 2.05) is 13.0 Å². The normalized spacial score (nSPS) is 18.6. The Bertz CT molecular complexity index is 1320. The van der Waals surface area contributed by atoms with Crippen molar-refractivity contribution in [2.45, 2.75) is 23.6 Å². The minimum absolute atomic E-state index is 0.196. The van der Waals surface area contributed by atoms with Gasteiger partial charge in [-0.25, -0.2) is 8.42 Å². The molecular formula is C21H25ClN4O4S2. The Hall–Kier alpha value is -2.14. The first-order valence-electron chi connectivity index (χ1n) is 10.1. The monoisotopic (exact) mass is 496 g/mol. The van der Waals surface area contributed by atoms with Crippen LogP contribution in [-0.2, 0) is 19.9 Å². The summed E-state index contributed by atoms with van der Waals surface area (Å²) in [5, 5.41) is 3.65. The van der Waals surface area contributed by atoms with E-state index in [1.54, 1.807) is 31.2 Å². The van der Waals surface area contributed by atoms with Gasteiger partial charge in [-0.3, -0.25) is 4.90 Å². The molecule has 11 heteroatoms. The molecule has 2 aliphatic heterocycles. The fraction of sp³-hybridized carbons (Fsp3) is 0.381. The molecule has 8 nitrogen and oxygen atoms in total. The fourth-order valence-corrected chi connectivity index (χ4v) is 6.56. The van der Waals surface area contributed by atoms with Crippen molar-refractivity contribution in [3.05, 3.63) is 46.5 Å². The maximum Gasteiger partial charge on any atom is 0.286 e. The van der Waals surface area contributed by atoms with E-state index in [0.717, 1.165) is 5.56 Å². The van der Waals surface area contributed by atoms with Crippen molar-refractivity contribution < 1.29 is 16.8 Å². The van der Waals surface area contributed by atoms with Crippen LogP contribution in [0.2, 0.25) is 5.02 Å². The maximum atomic E-state index is 12.6. The lowest BCUT2D eigenvalue weighted by molar-refractivity contribution is 0.291. The number of piperazine rings is 1. The SMILES string of the molecule is Cc1ccc2c(c1)S(=O)(=O)N=C(CN1CCN(c3cc(S(C)(=O)=O)c(C)cc3Cl)CC1)N2. The van der Waals surface area contributed by atoms with Gasteiger partial charge in [0.05, 0.1) is 27.8 Å². The minimum Gasteiger partial charge on any atom is -0.368 e. The molecule has 0 amide bonds. The molecule has 0 saturated carbocycles. The standard InChI is InChI=1S/C21H25ClN4O4S2/c1-14-4-5-17-20(10-14)32(29,30)24-21(23-17)13-25-6-8-26(9-7-25)18-12-19(31(3,27)28)15(2)11-16(18)22/h4-5,10-12H,6-9,13H2,1-3H3,(H,23,24). The number of nitrogens with one attached hydrogen (secondary N) is 1. The predicted molar refractivity (Wildman–Crippen MR) is 127 cm³/mol. The van der Waals surface area contributed by atoms with Crippen LogP contribution in [0.3, 0.4) is 0 Å². The van der Waals surface area contributed by atoms with E-state index < -0.39 is 19.9 Å². The molecule has 1 saturated heterocycles. The lowest BCUT2D eigenvalue weighted by atomic mass is 10.2. The summed E-state index contributed by atoms with van der Waals surface area (Å²) in [7, 11) is -7.09. The minimum atomic E-state index is -3.73. The second kappa shape index (κ2) is 8.33. The highest BCUT2D eigenvalue weighted by Crippen LogP contribution is 2.32. The summed E-state index contributed by atoms with van der Waals surface area (Å²) in [4.78, 5) is 4.63. The van der Waals surface area contributed by atoms with Gasteiger partial charge in [0.2, 0.25) is 0 Å². The number of sulfonamides is 1. The van der Waals surface area contributed by atoms with Gasteiger partial charge >= 0.3 is 0 Å². The van der Waals surface area contributed by atoms with Crippen molar-refractivity contribution in [2.75, 3.05) is 49.2 Å². The average molecular weight is 497 g/mol. The van der Waals surface area contributed by atoms with Crippen LogP contribution in [0, 0.1) is 13.8 Å². The Labute approximate surface area is 193 Å². The molecule has 0 unspecified atom stereocenters. The lowest BCUT2D eigenvalue weighted by Gasteiger charge is -2.37. The van der Waals surface area contributed by atoms with Crippen molar-refractivity contribution in [3.8, 4) is 0 Å². The molecule has 0 aliphatic carbocycles. The van der Waals surface area contributed by atoms with Crippen LogP contribution >= 0.6 is 11.6 Å². The highest BCUT2D eigenvalue weighted by molar-refractivity contribution is 7.91. The smallest absolute Gasteiger partial charge is 0.286 e. The summed E-state index contributed by atoms with van der Waals surface area (Å²) in [5.74, 6) is 0.391. The summed E-state index contributed by atoms with van der Waals surface area (Å²) in [5.41, 5.74) is 2.71. The summed E-state index contributed by atoms with van der Waals surface area (Å²) >= 11 is 6.42. The van der Waals surface area contributed by atoms with Gasteiger partial charge < -0.3 is 10.2 Å². The van der Waals surface area contributed by atoms with Gasteiger partial charge in [-0.1, -0.05) is 17.7 Å². The fourth-order valence-electron chi connectivity index (χ4n) is 4.03. The number of halogens is 1. The molecule has 4 rings (SSSR count). The predicted octanol–water partition coefficient (Wildman–Crippen LogP) is 2.70. The molecule has 172 valence electrons. The topological polar surface area (TPSA) is 99.2 Å². The highest BCUT2D eigenvalue weighted by atomic mass is 35.5. The van der Waals surface area contributed by atoms with E-state index >= 15 is 0 Å². The molecule has 2 heterocycles. The van der Waals surface area contributed by atoms with Crippen LogP contribution < -0.4 is 10.2 Å². The lowest BCUT2D eigenvalue weighted by Crippen LogP contribution is -2.49. The van der Waals surface area contributed by atoms with E-state index in [9.17, 15) is 16.8 Å². The van der Waals surface area contributed by atoms with Gasteiger partial charge in [0.1, 0.15) is 10.7 Å². The number of hydrogen-bond donors (Lipinski definition) is 1. The molecule has 1 fully saturated rings. The van der Waals surface area contributed by atoms with Crippen molar-refractivity contribution >= 4 is 48.7 Å². The zero-order valence-corrected chi connectivity index (χ0v) is 20.5. The summed E-state index contributed by atoms with van der Waals surface area (Å²) in [6.07, 6.45) is 1.19. The van der Waals surface area contributed by atoms with E-state index in [0.29, 0.717) is 60.5 Å². The van der Waals surface area contributed by atoms with Crippen LogP contribution in [0.15, 0.2) is 44.5 Å². The van der Waals surface area contributed by atoms with Crippen LogP contribution in [0.5, 0.6) is 0 Å². The Morgan fingerprint density at radius 3 is 2.44 bits per heavy atom. The van der Waals surface area contributed by atoms with Gasteiger partial charge in [-0.15, -0.1) is 4.40 Å². The van der Waals surface area contributed by atoms with E-state index in [4.69, 9.17) is 11.6 Å². The number of anilines is 2. The number of benzene rings is 2. The van der Waals surface area contributed by atoms with E-state index in [1.165, 1.54) is 6.26 Å². The van der Waals surface area contributed by atoms with Gasteiger partial charge in [-0.05, 0) is 49.2 Å². The number of hydrogen-bond acceptors (Lipinski definition) is 7. The van der Waals surface area contributed by atoms with Crippen LogP contribution in [0.25, 0.3) is 0 Å². The Balaban J connectivity index is 1.47. The summed E-state index contributed by atoms with van der Waals surface area (Å²) in [6, 6.07) is 8.56. The van der Waals surface area contributed by atoms with Crippen molar-refractivity contribution in [1.82, 2.24) is 4.90 Å². The average Bonchev–Trinajstić information content (AvgIpc) is 2.68. The first-order chi connectivity index (χ1) is 14.9. The first-order valence-corrected chi connectivity index (χ1v) is 13.8. The molecule has 2 aromatic carbocycles. The molecule has 2 aromatic rings. The Morgan fingerprint density at radius 1 is 1.09 bits per heavy atom. The van der Waals surface area contributed by atoms with Crippen LogP contribution in [-0.4, -0.2) is 66.6 Å².